The van der Waals surface area contributed by atoms with E-state index in [9.17, 15) is 13.2 Å². The number of rotatable bonds is 5. The van der Waals surface area contributed by atoms with Crippen molar-refractivity contribution in [1.29, 1.82) is 0 Å². The molecule has 0 aromatic heterocycles. The molecule has 9 heteroatoms. The van der Waals surface area contributed by atoms with Crippen molar-refractivity contribution in [3.8, 4) is 0 Å². The summed E-state index contributed by atoms with van der Waals surface area (Å²) >= 11 is 7.24. The Morgan fingerprint density at radius 1 is 1.15 bits per heavy atom. The predicted molar refractivity (Wildman–Crippen MR) is 107 cm³/mol. The van der Waals surface area contributed by atoms with Gasteiger partial charge in [0.2, 0.25) is 0 Å². The highest BCUT2D eigenvalue weighted by atomic mass is 35.5. The molecule has 1 aliphatic heterocycles. The molecule has 144 valence electrons. The first-order valence-corrected chi connectivity index (χ1v) is 11.3. The van der Waals surface area contributed by atoms with Gasteiger partial charge in [-0.25, -0.2) is 8.42 Å². The minimum atomic E-state index is -3.84. The van der Waals surface area contributed by atoms with Crippen LogP contribution in [0.2, 0.25) is 5.02 Å². The number of morpholine rings is 1. The Morgan fingerprint density at radius 3 is 2.44 bits per heavy atom. The Labute approximate surface area is 167 Å². The largest absolute Gasteiger partial charge is 0.378 e. The molecular weight excluding hydrogens is 408 g/mol. The van der Waals surface area contributed by atoms with Crippen LogP contribution in [-0.4, -0.2) is 51.8 Å². The van der Waals surface area contributed by atoms with E-state index in [1.54, 1.807) is 35.2 Å². The zero-order valence-electron chi connectivity index (χ0n) is 14.6. The molecular formula is C18H19ClN2O4S2. The minimum absolute atomic E-state index is 0.0341. The van der Waals surface area contributed by atoms with Crippen molar-refractivity contribution in [3.63, 3.8) is 0 Å². The van der Waals surface area contributed by atoms with Crippen LogP contribution in [0.15, 0.2) is 52.3 Å². The zero-order chi connectivity index (χ0) is 19.4. The van der Waals surface area contributed by atoms with Crippen LogP contribution < -0.4 is 4.72 Å². The topological polar surface area (TPSA) is 75.7 Å². The van der Waals surface area contributed by atoms with Gasteiger partial charge in [0.25, 0.3) is 15.9 Å². The van der Waals surface area contributed by atoms with Gasteiger partial charge in [0.1, 0.15) is 0 Å². The molecule has 0 aliphatic carbocycles. The van der Waals surface area contributed by atoms with Gasteiger partial charge in [-0.3, -0.25) is 9.52 Å². The lowest BCUT2D eigenvalue weighted by Crippen LogP contribution is -2.40. The normalized spacial score (nSPS) is 14.8. The monoisotopic (exact) mass is 426 g/mol. The fourth-order valence-electron chi connectivity index (χ4n) is 2.69. The molecule has 27 heavy (non-hydrogen) atoms. The van der Waals surface area contributed by atoms with Crippen molar-refractivity contribution in [2.24, 2.45) is 0 Å². The van der Waals surface area contributed by atoms with Crippen LogP contribution in [0.5, 0.6) is 0 Å². The number of benzene rings is 2. The van der Waals surface area contributed by atoms with E-state index >= 15 is 0 Å². The highest BCUT2D eigenvalue weighted by molar-refractivity contribution is 7.98. The smallest absolute Gasteiger partial charge is 0.261 e. The SMILES string of the molecule is CSc1ccc(S(=O)(=O)Nc2ccc(Cl)cc2)cc1C(=O)N1CCOCC1. The molecule has 6 nitrogen and oxygen atoms in total. The van der Waals surface area contributed by atoms with Gasteiger partial charge in [0.15, 0.2) is 0 Å². The third-order valence-electron chi connectivity index (χ3n) is 4.11. The van der Waals surface area contributed by atoms with E-state index in [2.05, 4.69) is 4.72 Å². The highest BCUT2D eigenvalue weighted by Crippen LogP contribution is 2.27. The molecule has 1 fully saturated rings. The molecule has 0 bridgehead atoms. The van der Waals surface area contributed by atoms with E-state index in [4.69, 9.17) is 16.3 Å². The third kappa shape index (κ3) is 4.76. The number of amides is 1. The molecule has 1 amide bonds. The number of halogens is 1. The molecule has 1 saturated heterocycles. The Balaban J connectivity index is 1.91. The lowest BCUT2D eigenvalue weighted by Gasteiger charge is -2.27. The van der Waals surface area contributed by atoms with E-state index in [-0.39, 0.29) is 10.8 Å². The van der Waals surface area contributed by atoms with Crippen LogP contribution in [0, 0.1) is 0 Å². The summed E-state index contributed by atoms with van der Waals surface area (Å²) in [6.07, 6.45) is 1.85. The van der Waals surface area contributed by atoms with Crippen molar-refractivity contribution >= 4 is 45.0 Å². The molecule has 2 aromatic rings. The van der Waals surface area contributed by atoms with Crippen LogP contribution in [0.4, 0.5) is 5.69 Å². The van der Waals surface area contributed by atoms with E-state index in [0.29, 0.717) is 42.6 Å². The summed E-state index contributed by atoms with van der Waals surface area (Å²) in [6.45, 7) is 1.95. The van der Waals surface area contributed by atoms with Crippen molar-refractivity contribution in [2.75, 3.05) is 37.3 Å². The first kappa shape index (κ1) is 20.0. The van der Waals surface area contributed by atoms with Gasteiger partial charge in [-0.1, -0.05) is 11.6 Å². The first-order valence-electron chi connectivity index (χ1n) is 8.24. The Kier molecular flexibility index (Phi) is 6.31. The molecule has 1 N–H and O–H groups in total. The van der Waals surface area contributed by atoms with Crippen molar-refractivity contribution in [2.45, 2.75) is 9.79 Å². The summed E-state index contributed by atoms with van der Waals surface area (Å²) in [5, 5.41) is 0.515. The number of carbonyl (C=O) groups excluding carboxylic acids is 1. The third-order valence-corrected chi connectivity index (χ3v) is 6.53. The molecule has 3 rings (SSSR count). The number of hydrogen-bond acceptors (Lipinski definition) is 5. The minimum Gasteiger partial charge on any atom is -0.378 e. The first-order chi connectivity index (χ1) is 12.9. The molecule has 0 radical (unpaired) electrons. The second kappa shape index (κ2) is 8.52. The molecule has 1 aliphatic rings. The van der Waals surface area contributed by atoms with Gasteiger partial charge < -0.3 is 9.64 Å². The van der Waals surface area contributed by atoms with Crippen LogP contribution in [0.1, 0.15) is 10.4 Å². The number of sulfonamides is 1. The van der Waals surface area contributed by atoms with Crippen LogP contribution in [0.3, 0.4) is 0 Å². The van der Waals surface area contributed by atoms with Gasteiger partial charge >= 0.3 is 0 Å². The molecule has 0 atom stereocenters. The average Bonchev–Trinajstić information content (AvgIpc) is 2.69. The lowest BCUT2D eigenvalue weighted by molar-refractivity contribution is 0.0300. The molecule has 0 unspecified atom stereocenters. The number of nitrogens with zero attached hydrogens (tertiary/aromatic N) is 1. The van der Waals surface area contributed by atoms with E-state index in [1.807, 2.05) is 6.26 Å². The average molecular weight is 427 g/mol. The molecule has 0 spiro atoms. The van der Waals surface area contributed by atoms with E-state index in [1.165, 1.54) is 23.9 Å². The maximum absolute atomic E-state index is 12.9. The lowest BCUT2D eigenvalue weighted by atomic mass is 10.2. The summed E-state index contributed by atoms with van der Waals surface area (Å²) in [5.41, 5.74) is 0.776. The van der Waals surface area contributed by atoms with Gasteiger partial charge in [-0.15, -0.1) is 11.8 Å². The number of nitrogens with one attached hydrogen (secondary N) is 1. The number of hydrogen-bond donors (Lipinski definition) is 1. The van der Waals surface area contributed by atoms with Gasteiger partial charge in [-0.2, -0.15) is 0 Å². The second-order valence-electron chi connectivity index (χ2n) is 5.88. The number of anilines is 1. The molecule has 0 saturated carbocycles. The van der Waals surface area contributed by atoms with E-state index < -0.39 is 10.0 Å². The van der Waals surface area contributed by atoms with Crippen molar-refractivity contribution in [1.82, 2.24) is 4.90 Å². The summed E-state index contributed by atoms with van der Waals surface area (Å²) in [4.78, 5) is 15.3. The highest BCUT2D eigenvalue weighted by Gasteiger charge is 2.24. The zero-order valence-corrected chi connectivity index (χ0v) is 17.0. The Morgan fingerprint density at radius 2 is 1.81 bits per heavy atom. The van der Waals surface area contributed by atoms with Crippen molar-refractivity contribution in [3.05, 3.63) is 53.1 Å². The molecule has 2 aromatic carbocycles. The molecule has 1 heterocycles. The van der Waals surface area contributed by atoms with Crippen LogP contribution in [-0.2, 0) is 14.8 Å². The summed E-state index contributed by atoms with van der Waals surface area (Å²) in [7, 11) is -3.84. The Hall–Kier alpha value is -1.74. The number of thioether (sulfide) groups is 1. The predicted octanol–water partition coefficient (Wildman–Crippen LogP) is 3.34. The van der Waals surface area contributed by atoms with E-state index in [0.717, 1.165) is 4.90 Å². The maximum atomic E-state index is 12.9. The second-order valence-corrected chi connectivity index (χ2v) is 8.85. The quantitative estimate of drug-likeness (QED) is 0.742. The summed E-state index contributed by atoms with van der Waals surface area (Å²) in [6, 6.07) is 11.0. The summed E-state index contributed by atoms with van der Waals surface area (Å²) < 4.78 is 33.3. The van der Waals surface area contributed by atoms with Crippen molar-refractivity contribution < 1.29 is 17.9 Å². The van der Waals surface area contributed by atoms with Gasteiger partial charge in [0, 0.05) is 28.7 Å². The van der Waals surface area contributed by atoms with Gasteiger partial charge in [-0.05, 0) is 48.7 Å². The van der Waals surface area contributed by atoms with Crippen LogP contribution in [0.25, 0.3) is 0 Å². The maximum Gasteiger partial charge on any atom is 0.261 e. The fourth-order valence-corrected chi connectivity index (χ4v) is 4.47. The fraction of sp³-hybridized carbons (Fsp3) is 0.278. The standard InChI is InChI=1S/C18H19ClN2O4S2/c1-26-17-7-6-15(12-16(17)18(22)21-8-10-25-11-9-21)27(23,24)20-14-4-2-13(19)3-5-14/h2-7,12,20H,8-11H2,1H3. The Bertz CT molecular complexity index is 927. The number of ether oxygens (including phenoxy) is 1. The van der Waals surface area contributed by atoms with Gasteiger partial charge in [0.05, 0.1) is 23.7 Å². The number of carbonyl (C=O) groups is 1. The van der Waals surface area contributed by atoms with Crippen LogP contribution >= 0.6 is 23.4 Å². The summed E-state index contributed by atoms with van der Waals surface area (Å²) in [5.74, 6) is -0.189.